The van der Waals surface area contributed by atoms with Crippen molar-refractivity contribution < 1.29 is 14.1 Å². The number of nitrogens with zero attached hydrogens (tertiary/aromatic N) is 3. The van der Waals surface area contributed by atoms with Crippen molar-refractivity contribution in [2.75, 3.05) is 6.54 Å². The first-order valence-electron chi connectivity index (χ1n) is 8.62. The summed E-state index contributed by atoms with van der Waals surface area (Å²) in [6.45, 7) is 4.30. The van der Waals surface area contributed by atoms with Gasteiger partial charge in [0.2, 0.25) is 17.7 Å². The number of halogens is 1. The third-order valence-electron chi connectivity index (χ3n) is 4.59. The second-order valence-corrected chi connectivity index (χ2v) is 6.65. The highest BCUT2D eigenvalue weighted by Gasteiger charge is 2.40. The lowest BCUT2D eigenvalue weighted by molar-refractivity contribution is -0.143. The Morgan fingerprint density at radius 1 is 1.42 bits per heavy atom. The molecule has 1 aromatic heterocycles. The number of hydrogen-bond acceptors (Lipinski definition) is 5. The first-order valence-corrected chi connectivity index (χ1v) is 8.99. The minimum absolute atomic E-state index is 0.0361. The molecule has 0 unspecified atom stereocenters. The van der Waals surface area contributed by atoms with Crippen molar-refractivity contribution in [1.82, 2.24) is 20.4 Å². The van der Waals surface area contributed by atoms with Gasteiger partial charge in [-0.3, -0.25) is 9.59 Å². The molecule has 2 heterocycles. The quantitative estimate of drug-likeness (QED) is 0.866. The average molecular weight is 377 g/mol. The molecule has 0 spiro atoms. The number of piperidine rings is 1. The number of benzene rings is 1. The molecule has 1 aliphatic rings. The van der Waals surface area contributed by atoms with E-state index in [-0.39, 0.29) is 24.4 Å². The summed E-state index contributed by atoms with van der Waals surface area (Å²) in [6, 6.07) is 6.96. The van der Waals surface area contributed by atoms with Gasteiger partial charge in [0, 0.05) is 18.0 Å². The SMILES string of the molecule is CCN1C(=O)CC[C@@H](C(=O)NCc2nc(C)no2)[C@@H]1c1ccccc1Cl. The van der Waals surface area contributed by atoms with E-state index < -0.39 is 5.92 Å². The van der Waals surface area contributed by atoms with Crippen LogP contribution in [0.2, 0.25) is 5.02 Å². The normalized spacial score (nSPS) is 20.3. The van der Waals surface area contributed by atoms with E-state index in [1.165, 1.54) is 0 Å². The second-order valence-electron chi connectivity index (χ2n) is 6.24. The maximum atomic E-state index is 12.9. The summed E-state index contributed by atoms with van der Waals surface area (Å²) in [7, 11) is 0. The lowest BCUT2D eigenvalue weighted by Crippen LogP contribution is -2.48. The Morgan fingerprint density at radius 3 is 2.85 bits per heavy atom. The number of carbonyl (C=O) groups is 2. The van der Waals surface area contributed by atoms with Gasteiger partial charge < -0.3 is 14.7 Å². The summed E-state index contributed by atoms with van der Waals surface area (Å²) in [5.74, 6) is 0.357. The van der Waals surface area contributed by atoms with Crippen molar-refractivity contribution in [1.29, 1.82) is 0 Å². The number of carbonyl (C=O) groups excluding carboxylic acids is 2. The number of rotatable bonds is 5. The average Bonchev–Trinajstić information content (AvgIpc) is 3.05. The second kappa shape index (κ2) is 7.86. The maximum Gasteiger partial charge on any atom is 0.246 e. The van der Waals surface area contributed by atoms with E-state index in [0.717, 1.165) is 5.56 Å². The molecule has 1 aliphatic heterocycles. The number of aromatic nitrogens is 2. The van der Waals surface area contributed by atoms with E-state index in [1.54, 1.807) is 17.9 Å². The van der Waals surface area contributed by atoms with Gasteiger partial charge in [0.1, 0.15) is 0 Å². The van der Waals surface area contributed by atoms with Crippen LogP contribution in [0.3, 0.4) is 0 Å². The van der Waals surface area contributed by atoms with Crippen molar-refractivity contribution in [3.05, 3.63) is 46.6 Å². The number of amides is 2. The molecule has 7 nitrogen and oxygen atoms in total. The summed E-state index contributed by atoms with van der Waals surface area (Å²) in [6.07, 6.45) is 0.812. The highest BCUT2D eigenvalue weighted by atomic mass is 35.5. The van der Waals surface area contributed by atoms with Crippen LogP contribution in [0.5, 0.6) is 0 Å². The predicted molar refractivity (Wildman–Crippen MR) is 95.2 cm³/mol. The highest BCUT2D eigenvalue weighted by Crippen LogP contribution is 2.39. The third-order valence-corrected chi connectivity index (χ3v) is 4.94. The molecule has 26 heavy (non-hydrogen) atoms. The van der Waals surface area contributed by atoms with Crippen LogP contribution in [-0.4, -0.2) is 33.4 Å². The molecular formula is C18H21ClN4O3. The van der Waals surface area contributed by atoms with Crippen LogP contribution in [0.1, 0.15) is 43.1 Å². The monoisotopic (exact) mass is 376 g/mol. The van der Waals surface area contributed by atoms with Crippen molar-refractivity contribution in [2.45, 2.75) is 39.3 Å². The van der Waals surface area contributed by atoms with E-state index in [0.29, 0.717) is 36.1 Å². The van der Waals surface area contributed by atoms with Crippen molar-refractivity contribution >= 4 is 23.4 Å². The molecule has 0 bridgehead atoms. The molecule has 1 saturated heterocycles. The molecule has 2 atom stereocenters. The molecule has 0 radical (unpaired) electrons. The summed E-state index contributed by atoms with van der Waals surface area (Å²) in [5, 5.41) is 7.11. The van der Waals surface area contributed by atoms with Gasteiger partial charge in [0.25, 0.3) is 0 Å². The van der Waals surface area contributed by atoms with Crippen LogP contribution >= 0.6 is 11.6 Å². The highest BCUT2D eigenvalue weighted by molar-refractivity contribution is 6.31. The Morgan fingerprint density at radius 2 is 2.19 bits per heavy atom. The standard InChI is InChI=1S/C18H21ClN4O3/c1-3-23-16(24)9-8-13(17(23)12-6-4-5-7-14(12)19)18(25)20-10-15-21-11(2)22-26-15/h4-7,13,17H,3,8-10H2,1-2H3,(H,20,25)/t13-,17+/m1/s1. The third kappa shape index (κ3) is 3.72. The number of nitrogens with one attached hydrogen (secondary N) is 1. The van der Waals surface area contributed by atoms with Gasteiger partial charge in [-0.25, -0.2) is 0 Å². The summed E-state index contributed by atoms with van der Waals surface area (Å²) < 4.78 is 5.03. The number of likely N-dealkylation sites (tertiary alicyclic amines) is 1. The van der Waals surface area contributed by atoms with Crippen LogP contribution < -0.4 is 5.32 Å². The van der Waals surface area contributed by atoms with Gasteiger partial charge in [-0.2, -0.15) is 4.98 Å². The fourth-order valence-corrected chi connectivity index (χ4v) is 3.65. The van der Waals surface area contributed by atoms with E-state index in [2.05, 4.69) is 15.5 Å². The van der Waals surface area contributed by atoms with Gasteiger partial charge in [-0.1, -0.05) is 35.0 Å². The molecule has 2 amide bonds. The molecule has 3 rings (SSSR count). The predicted octanol–water partition coefficient (Wildman–Crippen LogP) is 2.65. The van der Waals surface area contributed by atoms with Crippen LogP contribution in [0.25, 0.3) is 0 Å². The summed E-state index contributed by atoms with van der Waals surface area (Å²) in [4.78, 5) is 31.1. The zero-order chi connectivity index (χ0) is 18.7. The Labute approximate surface area is 156 Å². The largest absolute Gasteiger partial charge is 0.347 e. The van der Waals surface area contributed by atoms with E-state index in [4.69, 9.17) is 16.1 Å². The molecule has 0 saturated carbocycles. The molecular weight excluding hydrogens is 356 g/mol. The fraction of sp³-hybridized carbons (Fsp3) is 0.444. The van der Waals surface area contributed by atoms with E-state index in [9.17, 15) is 9.59 Å². The first-order chi connectivity index (χ1) is 12.5. The fourth-order valence-electron chi connectivity index (χ4n) is 3.41. The van der Waals surface area contributed by atoms with Gasteiger partial charge in [-0.15, -0.1) is 0 Å². The molecule has 8 heteroatoms. The minimum Gasteiger partial charge on any atom is -0.347 e. The molecule has 2 aromatic rings. The molecule has 1 aromatic carbocycles. The number of hydrogen-bond donors (Lipinski definition) is 1. The van der Waals surface area contributed by atoms with E-state index >= 15 is 0 Å². The van der Waals surface area contributed by atoms with Crippen LogP contribution in [0.15, 0.2) is 28.8 Å². The lowest BCUT2D eigenvalue weighted by Gasteiger charge is -2.40. The van der Waals surface area contributed by atoms with Crippen LogP contribution in [0, 0.1) is 12.8 Å². The Hall–Kier alpha value is -2.41. The minimum atomic E-state index is -0.392. The van der Waals surface area contributed by atoms with Crippen molar-refractivity contribution in [3.63, 3.8) is 0 Å². The van der Waals surface area contributed by atoms with Crippen LogP contribution in [0.4, 0.5) is 0 Å². The Bertz CT molecular complexity index is 807. The topological polar surface area (TPSA) is 88.3 Å². The van der Waals surface area contributed by atoms with E-state index in [1.807, 2.05) is 25.1 Å². The zero-order valence-corrected chi connectivity index (χ0v) is 15.5. The summed E-state index contributed by atoms with van der Waals surface area (Å²) in [5.41, 5.74) is 0.790. The maximum absolute atomic E-state index is 12.9. The Kier molecular flexibility index (Phi) is 5.56. The lowest BCUT2D eigenvalue weighted by atomic mass is 9.83. The number of aryl methyl sites for hydroxylation is 1. The molecule has 0 aliphatic carbocycles. The molecule has 1 fully saturated rings. The van der Waals surface area contributed by atoms with Crippen molar-refractivity contribution in [2.24, 2.45) is 5.92 Å². The smallest absolute Gasteiger partial charge is 0.246 e. The van der Waals surface area contributed by atoms with Gasteiger partial charge >= 0.3 is 0 Å². The van der Waals surface area contributed by atoms with Gasteiger partial charge in [0.05, 0.1) is 18.5 Å². The molecule has 1 N–H and O–H groups in total. The van der Waals surface area contributed by atoms with Crippen molar-refractivity contribution in [3.8, 4) is 0 Å². The van der Waals surface area contributed by atoms with Crippen LogP contribution in [-0.2, 0) is 16.1 Å². The van der Waals surface area contributed by atoms with Gasteiger partial charge in [0.15, 0.2) is 5.82 Å². The summed E-state index contributed by atoms with van der Waals surface area (Å²) >= 11 is 6.37. The first kappa shape index (κ1) is 18.4. The Balaban J connectivity index is 1.83. The molecule has 138 valence electrons. The van der Waals surface area contributed by atoms with Gasteiger partial charge in [-0.05, 0) is 31.9 Å². The zero-order valence-electron chi connectivity index (χ0n) is 14.7.